The molecular weight excluding hydrogens is 493 g/mol. The van der Waals surface area contributed by atoms with Crippen molar-refractivity contribution < 1.29 is 4.74 Å². The zero-order valence-electron chi connectivity index (χ0n) is 20.6. The highest BCUT2D eigenvalue weighted by molar-refractivity contribution is 6.33. The van der Waals surface area contributed by atoms with E-state index in [0.29, 0.717) is 18.4 Å². The zero-order chi connectivity index (χ0) is 25.1. The number of aliphatic imine (C=N–C) groups is 1. The number of nitrogens with one attached hydrogen (secondary N) is 2. The number of hydrogen-bond donors (Lipinski definition) is 2. The number of guanidine groups is 1. The van der Waals surface area contributed by atoms with Gasteiger partial charge in [-0.3, -0.25) is 0 Å². The largest absolute Gasteiger partial charge is 0.494 e. The van der Waals surface area contributed by atoms with E-state index >= 15 is 0 Å². The molecule has 0 spiro atoms. The smallest absolute Gasteiger partial charge is 0.200 e. The second kappa shape index (κ2) is 11.0. The van der Waals surface area contributed by atoms with Crippen molar-refractivity contribution in [1.29, 1.82) is 0 Å². The van der Waals surface area contributed by atoms with Gasteiger partial charge in [0.25, 0.3) is 0 Å². The van der Waals surface area contributed by atoms with Crippen LogP contribution in [-0.2, 0) is 0 Å². The number of aryl methyl sites for hydroxylation is 1. The van der Waals surface area contributed by atoms with Crippen LogP contribution in [0.15, 0.2) is 65.7 Å². The van der Waals surface area contributed by atoms with Crippen LogP contribution < -0.4 is 15.4 Å². The maximum Gasteiger partial charge on any atom is 0.200 e. The number of methoxy groups -OCH3 is 1. The molecule has 2 aromatic carbocycles. The Hall–Kier alpha value is -2.96. The van der Waals surface area contributed by atoms with Gasteiger partial charge >= 0.3 is 0 Å². The predicted molar refractivity (Wildman–Crippen MR) is 148 cm³/mol. The molecule has 1 saturated carbocycles. The molecule has 2 N–H and O–H groups in total. The van der Waals surface area contributed by atoms with Crippen LogP contribution in [-0.4, -0.2) is 29.2 Å². The van der Waals surface area contributed by atoms with Crippen molar-refractivity contribution in [3.8, 4) is 11.4 Å². The minimum absolute atomic E-state index is 0.394. The van der Waals surface area contributed by atoms with Gasteiger partial charge in [-0.25, -0.2) is 9.98 Å². The number of anilines is 1. The highest BCUT2D eigenvalue weighted by atomic mass is 35.5. The third kappa shape index (κ3) is 5.55. The van der Waals surface area contributed by atoms with E-state index in [-0.39, 0.29) is 0 Å². The van der Waals surface area contributed by atoms with E-state index in [9.17, 15) is 0 Å². The molecular formula is C28H31Cl2N5O. The lowest BCUT2D eigenvalue weighted by atomic mass is 9.85. The zero-order valence-corrected chi connectivity index (χ0v) is 22.1. The summed E-state index contributed by atoms with van der Waals surface area (Å²) in [7, 11) is 1.68. The van der Waals surface area contributed by atoms with Crippen LogP contribution in [0, 0.1) is 12.8 Å². The van der Waals surface area contributed by atoms with E-state index in [1.807, 2.05) is 54.1 Å². The van der Waals surface area contributed by atoms with Gasteiger partial charge in [-0.2, -0.15) is 0 Å². The quantitative estimate of drug-likeness (QED) is 0.349. The van der Waals surface area contributed by atoms with E-state index in [1.165, 1.54) is 24.1 Å². The molecule has 5 rings (SSSR count). The van der Waals surface area contributed by atoms with Crippen LogP contribution in [0.4, 0.5) is 5.69 Å². The summed E-state index contributed by atoms with van der Waals surface area (Å²) >= 11 is 12.9. The van der Waals surface area contributed by atoms with E-state index < -0.39 is 0 Å². The van der Waals surface area contributed by atoms with E-state index in [0.717, 1.165) is 58.1 Å². The monoisotopic (exact) mass is 523 g/mol. The lowest BCUT2D eigenvalue weighted by Crippen LogP contribution is -2.35. The maximum absolute atomic E-state index is 6.57. The van der Waals surface area contributed by atoms with Crippen molar-refractivity contribution in [2.75, 3.05) is 19.0 Å². The number of allylic oxidation sites excluding steroid dienone is 1. The second-order valence-electron chi connectivity index (χ2n) is 9.49. The molecule has 2 unspecified atom stereocenters. The number of benzene rings is 2. The highest BCUT2D eigenvalue weighted by Gasteiger charge is 2.27. The molecule has 0 amide bonds. The molecule has 2 atom stereocenters. The number of nitrogens with zero attached hydrogens (tertiary/aromatic N) is 3. The molecule has 2 heterocycles. The molecule has 0 radical (unpaired) electrons. The van der Waals surface area contributed by atoms with Crippen LogP contribution in [0.3, 0.4) is 0 Å². The Labute approximate surface area is 222 Å². The van der Waals surface area contributed by atoms with Gasteiger partial charge in [0.2, 0.25) is 0 Å². The Bertz CT molecular complexity index is 1300. The molecule has 1 aliphatic carbocycles. The van der Waals surface area contributed by atoms with E-state index in [1.54, 1.807) is 13.4 Å². The van der Waals surface area contributed by atoms with Gasteiger partial charge in [0, 0.05) is 33.7 Å². The molecule has 6 nitrogen and oxygen atoms in total. The first-order valence-corrected chi connectivity index (χ1v) is 13.2. The van der Waals surface area contributed by atoms with Gasteiger partial charge in [0.1, 0.15) is 5.75 Å². The Morgan fingerprint density at radius 3 is 2.69 bits per heavy atom. The fourth-order valence-electron chi connectivity index (χ4n) is 5.21. The number of halogens is 2. The van der Waals surface area contributed by atoms with Gasteiger partial charge in [0.15, 0.2) is 5.96 Å². The second-order valence-corrected chi connectivity index (χ2v) is 10.3. The van der Waals surface area contributed by atoms with Gasteiger partial charge in [-0.1, -0.05) is 36.0 Å². The number of aromatic nitrogens is 2. The van der Waals surface area contributed by atoms with Crippen molar-refractivity contribution in [2.45, 2.75) is 44.9 Å². The first-order valence-electron chi connectivity index (χ1n) is 12.4. The van der Waals surface area contributed by atoms with E-state index in [4.69, 9.17) is 27.9 Å². The number of hydrogen-bond acceptors (Lipinski definition) is 5. The van der Waals surface area contributed by atoms with Crippen LogP contribution in [0.2, 0.25) is 10.0 Å². The Kier molecular flexibility index (Phi) is 7.54. The molecule has 1 fully saturated rings. The minimum Gasteiger partial charge on any atom is -0.494 e. The summed E-state index contributed by atoms with van der Waals surface area (Å²) in [6.07, 6.45) is 11.7. The maximum atomic E-state index is 6.57. The Morgan fingerprint density at radius 1 is 1.08 bits per heavy atom. The normalized spacial score (nSPS) is 20.1. The summed E-state index contributed by atoms with van der Waals surface area (Å²) in [5.74, 6) is 2.32. The molecule has 0 saturated heterocycles. The standard InChI is InChI=1S/C28H31Cl2N5O/c1-18-16-35(17-32-18)26-10-8-22(15-27(26)36-2)33-28-31-12-11-25(34-28)20-6-4-3-5-19(13-20)23-14-21(29)7-9-24(23)30/h7-11,14-17,19-20H,3-6,12-13H2,1-2H3,(H2,31,33,34). The number of ether oxygens (including phenoxy) is 1. The number of rotatable bonds is 5. The summed E-state index contributed by atoms with van der Waals surface area (Å²) in [5.41, 5.74) is 5.20. The first-order chi connectivity index (χ1) is 17.5. The third-order valence-corrected chi connectivity index (χ3v) is 7.60. The van der Waals surface area contributed by atoms with Gasteiger partial charge in [-0.05, 0) is 80.0 Å². The van der Waals surface area contributed by atoms with Gasteiger partial charge in [0.05, 0.1) is 31.4 Å². The highest BCUT2D eigenvalue weighted by Crippen LogP contribution is 2.40. The minimum atomic E-state index is 0.394. The molecule has 1 aliphatic heterocycles. The predicted octanol–water partition coefficient (Wildman–Crippen LogP) is 7.12. The lowest BCUT2D eigenvalue weighted by Gasteiger charge is -2.27. The fourth-order valence-corrected chi connectivity index (χ4v) is 5.67. The van der Waals surface area contributed by atoms with Crippen LogP contribution in [0.5, 0.6) is 5.75 Å². The Morgan fingerprint density at radius 2 is 1.92 bits per heavy atom. The van der Waals surface area contributed by atoms with Crippen LogP contribution >= 0.6 is 23.2 Å². The summed E-state index contributed by atoms with van der Waals surface area (Å²) in [4.78, 5) is 8.98. The summed E-state index contributed by atoms with van der Waals surface area (Å²) < 4.78 is 7.62. The molecule has 2 aliphatic rings. The molecule has 1 aromatic heterocycles. The van der Waals surface area contributed by atoms with Crippen LogP contribution in [0.1, 0.15) is 49.3 Å². The fraction of sp³-hybridized carbons (Fsp3) is 0.357. The molecule has 8 heteroatoms. The van der Waals surface area contributed by atoms with Crippen molar-refractivity contribution in [2.24, 2.45) is 10.9 Å². The van der Waals surface area contributed by atoms with Crippen molar-refractivity contribution in [3.63, 3.8) is 0 Å². The summed E-state index contributed by atoms with van der Waals surface area (Å²) in [6, 6.07) is 11.8. The third-order valence-electron chi connectivity index (χ3n) is 7.02. The van der Waals surface area contributed by atoms with E-state index in [2.05, 4.69) is 26.7 Å². The average Bonchev–Trinajstić information content (AvgIpc) is 3.16. The molecule has 3 aromatic rings. The summed E-state index contributed by atoms with van der Waals surface area (Å²) in [6.45, 7) is 2.62. The van der Waals surface area contributed by atoms with Gasteiger partial charge < -0.3 is 19.9 Å². The number of imidazole rings is 1. The van der Waals surface area contributed by atoms with Crippen LogP contribution in [0.25, 0.3) is 5.69 Å². The Balaban J connectivity index is 1.28. The average molecular weight is 524 g/mol. The van der Waals surface area contributed by atoms with Crippen molar-refractivity contribution >= 4 is 34.8 Å². The summed E-state index contributed by atoms with van der Waals surface area (Å²) in [5, 5.41) is 8.56. The lowest BCUT2D eigenvalue weighted by molar-refractivity contribution is 0.413. The van der Waals surface area contributed by atoms with Crippen molar-refractivity contribution in [3.05, 3.63) is 82.0 Å². The molecule has 0 bridgehead atoms. The topological polar surface area (TPSA) is 63.5 Å². The first kappa shape index (κ1) is 24.7. The van der Waals surface area contributed by atoms with Gasteiger partial charge in [-0.15, -0.1) is 0 Å². The molecule has 188 valence electrons. The SMILES string of the molecule is COc1cc(NC2=NCC=C(C3CCCCC(c4cc(Cl)ccc4Cl)C3)N2)ccc1-n1cnc(C)c1. The van der Waals surface area contributed by atoms with Crippen molar-refractivity contribution in [1.82, 2.24) is 14.9 Å². The molecule has 36 heavy (non-hydrogen) atoms.